The average molecular weight is 243 g/mol. The van der Waals surface area contributed by atoms with Crippen molar-refractivity contribution in [3.05, 3.63) is 30.3 Å². The van der Waals surface area contributed by atoms with Gasteiger partial charge in [0.05, 0.1) is 11.4 Å². The second-order valence-electron chi connectivity index (χ2n) is 3.04. The second-order valence-corrected chi connectivity index (χ2v) is 3.04. The molecule has 0 saturated heterocycles. The summed E-state index contributed by atoms with van der Waals surface area (Å²) in [5.41, 5.74) is 1.64. The van der Waals surface area contributed by atoms with Crippen LogP contribution in [0.2, 0.25) is 0 Å². The zero-order valence-electron chi connectivity index (χ0n) is 7.54. The molecule has 0 unspecified atom stereocenters. The van der Waals surface area contributed by atoms with E-state index >= 15 is 0 Å². The number of nitrogens with zero attached hydrogens (tertiary/aromatic N) is 2. The zero-order chi connectivity index (χ0) is 8.84. The van der Waals surface area contributed by atoms with E-state index in [1.807, 2.05) is 18.2 Å². The van der Waals surface area contributed by atoms with E-state index in [-0.39, 0.29) is 30.6 Å². The number of hydrogen-bond donors (Lipinski definition) is 1. The lowest BCUT2D eigenvalue weighted by Gasteiger charge is -1.98. The Kier molecular flexibility index (Phi) is 3.17. The van der Waals surface area contributed by atoms with Crippen molar-refractivity contribution < 1.29 is 5.11 Å². The molecular formula is C10H8Cl2N2O. The summed E-state index contributed by atoms with van der Waals surface area (Å²) in [5.74, 6) is 0.237. The summed E-state index contributed by atoms with van der Waals surface area (Å²) in [4.78, 5) is 0. The minimum Gasteiger partial charge on any atom is -0.508 e. The highest BCUT2D eigenvalue weighted by molar-refractivity contribution is 6.03. The van der Waals surface area contributed by atoms with Crippen LogP contribution in [0.3, 0.4) is 0 Å². The second kappa shape index (κ2) is 4.04. The first-order valence-electron chi connectivity index (χ1n) is 4.02. The van der Waals surface area contributed by atoms with Crippen molar-refractivity contribution in [1.82, 2.24) is 0 Å². The van der Waals surface area contributed by atoms with Gasteiger partial charge in [-0.1, -0.05) is 12.1 Å². The highest BCUT2D eigenvalue weighted by Crippen LogP contribution is 2.42. The van der Waals surface area contributed by atoms with Crippen LogP contribution in [0, 0.1) is 0 Å². The summed E-state index contributed by atoms with van der Waals surface area (Å²) >= 11 is 0. The molecule has 0 atom stereocenters. The number of phenols is 1. The van der Waals surface area contributed by atoms with Crippen LogP contribution in [0.5, 0.6) is 5.75 Å². The maximum atomic E-state index is 9.36. The van der Waals surface area contributed by atoms with Crippen LogP contribution in [-0.4, -0.2) is 5.11 Å². The number of benzene rings is 2. The molecule has 0 spiro atoms. The van der Waals surface area contributed by atoms with Crippen LogP contribution in [0.1, 0.15) is 0 Å². The van der Waals surface area contributed by atoms with Gasteiger partial charge in [0.15, 0.2) is 0 Å². The summed E-state index contributed by atoms with van der Waals surface area (Å²) in [6.07, 6.45) is 0. The van der Waals surface area contributed by atoms with Gasteiger partial charge in [-0.15, -0.1) is 35.0 Å². The number of azo groups is 1. The van der Waals surface area contributed by atoms with Crippen molar-refractivity contribution in [2.24, 2.45) is 10.2 Å². The van der Waals surface area contributed by atoms with Crippen LogP contribution in [0.15, 0.2) is 40.6 Å². The lowest BCUT2D eigenvalue weighted by molar-refractivity contribution is 0.476. The van der Waals surface area contributed by atoms with Crippen molar-refractivity contribution in [2.75, 3.05) is 0 Å². The minimum atomic E-state index is 0. The normalized spacial score (nSPS) is 10.9. The van der Waals surface area contributed by atoms with Crippen molar-refractivity contribution in [1.29, 1.82) is 0 Å². The van der Waals surface area contributed by atoms with Crippen LogP contribution < -0.4 is 0 Å². The van der Waals surface area contributed by atoms with E-state index in [0.717, 1.165) is 22.1 Å². The van der Waals surface area contributed by atoms with Gasteiger partial charge < -0.3 is 5.11 Å². The number of halogens is 2. The summed E-state index contributed by atoms with van der Waals surface area (Å²) in [6.45, 7) is 0. The van der Waals surface area contributed by atoms with Crippen LogP contribution >= 0.6 is 24.8 Å². The molecule has 2 aromatic rings. The number of hydrogen-bond acceptors (Lipinski definition) is 3. The Hall–Kier alpha value is -1.32. The predicted octanol–water partition coefficient (Wildman–Crippen LogP) is 4.12. The minimum absolute atomic E-state index is 0. The molecule has 15 heavy (non-hydrogen) atoms. The van der Waals surface area contributed by atoms with Gasteiger partial charge >= 0.3 is 0 Å². The molecule has 5 heteroatoms. The molecule has 0 saturated carbocycles. The van der Waals surface area contributed by atoms with E-state index in [9.17, 15) is 5.11 Å². The van der Waals surface area contributed by atoms with Crippen LogP contribution in [-0.2, 0) is 0 Å². The number of aromatic hydroxyl groups is 1. The fourth-order valence-electron chi connectivity index (χ4n) is 1.64. The van der Waals surface area contributed by atoms with Crippen LogP contribution in [0.4, 0.5) is 11.4 Å². The topological polar surface area (TPSA) is 45.0 Å². The van der Waals surface area contributed by atoms with Crippen molar-refractivity contribution in [2.45, 2.75) is 0 Å². The van der Waals surface area contributed by atoms with Gasteiger partial charge in [-0.05, 0) is 17.5 Å². The largest absolute Gasteiger partial charge is 0.508 e. The maximum Gasteiger partial charge on any atom is 0.118 e. The van der Waals surface area contributed by atoms with Crippen molar-refractivity contribution >= 4 is 47.0 Å². The Morgan fingerprint density at radius 3 is 2.47 bits per heavy atom. The first-order valence-corrected chi connectivity index (χ1v) is 4.02. The van der Waals surface area contributed by atoms with Crippen molar-refractivity contribution in [3.8, 4) is 5.75 Å². The van der Waals surface area contributed by atoms with E-state index in [1.54, 1.807) is 12.1 Å². The molecule has 1 heterocycles. The molecule has 0 fully saturated rings. The van der Waals surface area contributed by atoms with E-state index in [0.29, 0.717) is 0 Å². The summed E-state index contributed by atoms with van der Waals surface area (Å²) in [6, 6.07) is 9.12. The Bertz CT molecular complexity index is 540. The van der Waals surface area contributed by atoms with Gasteiger partial charge in [0.2, 0.25) is 0 Å². The van der Waals surface area contributed by atoms with E-state index < -0.39 is 0 Å². The number of rotatable bonds is 0. The molecule has 1 aliphatic rings. The van der Waals surface area contributed by atoms with Gasteiger partial charge in [-0.25, -0.2) is 0 Å². The molecule has 1 N–H and O–H groups in total. The van der Waals surface area contributed by atoms with Gasteiger partial charge in [0.25, 0.3) is 0 Å². The van der Waals surface area contributed by atoms with Crippen molar-refractivity contribution in [3.63, 3.8) is 0 Å². The fraction of sp³-hybridized carbons (Fsp3) is 0. The average Bonchev–Trinajstić information content (AvgIpc) is 2.50. The Labute approximate surface area is 98.7 Å². The third kappa shape index (κ3) is 1.64. The van der Waals surface area contributed by atoms with Gasteiger partial charge in [-0.3, -0.25) is 0 Å². The monoisotopic (exact) mass is 242 g/mol. The zero-order valence-corrected chi connectivity index (χ0v) is 9.18. The van der Waals surface area contributed by atoms with E-state index in [4.69, 9.17) is 0 Å². The third-order valence-electron chi connectivity index (χ3n) is 2.18. The lowest BCUT2D eigenvalue weighted by Crippen LogP contribution is -1.71. The highest BCUT2D eigenvalue weighted by atomic mass is 35.5. The highest BCUT2D eigenvalue weighted by Gasteiger charge is 2.12. The molecule has 0 aliphatic carbocycles. The molecular weight excluding hydrogens is 235 g/mol. The molecule has 78 valence electrons. The van der Waals surface area contributed by atoms with Crippen LogP contribution in [0.25, 0.3) is 10.8 Å². The SMILES string of the molecule is Cl.Cl.Oc1cc2c3c(cccc3c1)N=N2. The van der Waals surface area contributed by atoms with E-state index in [1.165, 1.54) is 0 Å². The molecule has 1 aliphatic heterocycles. The van der Waals surface area contributed by atoms with Gasteiger partial charge in [0, 0.05) is 11.5 Å². The van der Waals surface area contributed by atoms with E-state index in [2.05, 4.69) is 10.2 Å². The molecule has 2 aromatic carbocycles. The predicted molar refractivity (Wildman–Crippen MR) is 64.3 cm³/mol. The molecule has 3 nitrogen and oxygen atoms in total. The molecule has 0 amide bonds. The number of phenolic OH excluding ortho intramolecular Hbond substituents is 1. The smallest absolute Gasteiger partial charge is 0.118 e. The Balaban J connectivity index is 0.000000562. The first kappa shape index (κ1) is 11.8. The molecule has 0 radical (unpaired) electrons. The summed E-state index contributed by atoms with van der Waals surface area (Å²) < 4.78 is 0. The van der Waals surface area contributed by atoms with Gasteiger partial charge in [0.1, 0.15) is 5.75 Å². The molecule has 0 bridgehead atoms. The third-order valence-corrected chi connectivity index (χ3v) is 2.18. The summed E-state index contributed by atoms with van der Waals surface area (Å²) in [7, 11) is 0. The first-order chi connectivity index (χ1) is 6.34. The Morgan fingerprint density at radius 2 is 1.67 bits per heavy atom. The van der Waals surface area contributed by atoms with Gasteiger partial charge in [-0.2, -0.15) is 0 Å². The molecule has 0 aromatic heterocycles. The molecule has 3 rings (SSSR count). The lowest BCUT2D eigenvalue weighted by atomic mass is 10.1. The summed E-state index contributed by atoms with van der Waals surface area (Å²) in [5, 5.41) is 19.3. The Morgan fingerprint density at radius 1 is 0.933 bits per heavy atom. The maximum absolute atomic E-state index is 9.36. The quantitative estimate of drug-likeness (QED) is 0.634. The fourth-order valence-corrected chi connectivity index (χ4v) is 1.64. The standard InChI is InChI=1S/C10H6N2O.2ClH/c13-7-4-6-2-1-3-8-10(6)9(5-7)12-11-8;;/h1-5,13H;2*1H.